The van der Waals surface area contributed by atoms with Crippen molar-refractivity contribution in [3.05, 3.63) is 22.8 Å². The number of halogens is 1. The van der Waals surface area contributed by atoms with Gasteiger partial charge in [-0.1, -0.05) is 20.3 Å². The van der Waals surface area contributed by atoms with E-state index in [1.165, 1.54) is 0 Å². The second-order valence-corrected chi connectivity index (χ2v) is 7.48. The lowest BCUT2D eigenvalue weighted by atomic mass is 10.1. The molecule has 1 aromatic carbocycles. The second kappa shape index (κ2) is 10.5. The molecule has 0 aliphatic carbocycles. The average molecular weight is 452 g/mol. The topological polar surface area (TPSA) is 65.5 Å². The molecule has 1 aromatic heterocycles. The van der Waals surface area contributed by atoms with Crippen molar-refractivity contribution in [2.75, 3.05) is 19.5 Å². The van der Waals surface area contributed by atoms with Gasteiger partial charge < -0.3 is 19.5 Å². The fourth-order valence-electron chi connectivity index (χ4n) is 2.86. The molecule has 1 unspecified atom stereocenters. The summed E-state index contributed by atoms with van der Waals surface area (Å²) in [7, 11) is 3.44. The lowest BCUT2D eigenvalue weighted by Crippen LogP contribution is -2.17. The average Bonchev–Trinajstić information content (AvgIpc) is 2.67. The van der Waals surface area contributed by atoms with E-state index in [2.05, 4.69) is 40.1 Å². The molecule has 0 spiro atoms. The monoisotopic (exact) mass is 451 g/mol. The fraction of sp³-hybridized carbons (Fsp3) is 0.524. The molecule has 0 saturated carbocycles. The van der Waals surface area contributed by atoms with Gasteiger partial charge in [0.1, 0.15) is 27.9 Å². The Labute approximate surface area is 176 Å². The smallest absolute Gasteiger partial charge is 0.258 e. The highest BCUT2D eigenvalue weighted by molar-refractivity contribution is 9.10. The Morgan fingerprint density at radius 2 is 1.89 bits per heavy atom. The molecule has 1 atom stereocenters. The highest BCUT2D eigenvalue weighted by Gasteiger charge is 2.20. The number of nitrogens with zero attached hydrogens (tertiary/aromatic N) is 2. The fourth-order valence-corrected chi connectivity index (χ4v) is 3.32. The quantitative estimate of drug-likeness (QED) is 0.499. The Kier molecular flexibility index (Phi) is 8.35. The summed E-state index contributed by atoms with van der Waals surface area (Å²) in [5.41, 5.74) is 1.50. The van der Waals surface area contributed by atoms with Crippen molar-refractivity contribution in [2.45, 2.75) is 59.2 Å². The maximum Gasteiger partial charge on any atom is 0.258 e. The maximum atomic E-state index is 6.10. The third-order valence-electron chi connectivity index (χ3n) is 4.20. The van der Waals surface area contributed by atoms with Crippen LogP contribution < -0.4 is 19.5 Å². The van der Waals surface area contributed by atoms with Crippen LogP contribution in [0.2, 0.25) is 0 Å². The number of anilines is 1. The van der Waals surface area contributed by atoms with Crippen LogP contribution in [0.25, 0.3) is 11.3 Å². The summed E-state index contributed by atoms with van der Waals surface area (Å²) in [6, 6.07) is 5.70. The van der Waals surface area contributed by atoms with Crippen LogP contribution in [0.15, 0.2) is 22.8 Å². The van der Waals surface area contributed by atoms with Crippen molar-refractivity contribution < 1.29 is 14.2 Å². The molecule has 0 saturated heterocycles. The zero-order valence-electron chi connectivity index (χ0n) is 17.5. The van der Waals surface area contributed by atoms with Crippen molar-refractivity contribution in [2.24, 2.45) is 0 Å². The van der Waals surface area contributed by atoms with Crippen LogP contribution in [0.5, 0.6) is 17.4 Å². The lowest BCUT2D eigenvalue weighted by Gasteiger charge is -2.19. The molecule has 0 fully saturated rings. The summed E-state index contributed by atoms with van der Waals surface area (Å²) in [5.74, 6) is 2.51. The SMILES string of the molecule is CCCC(CC)Oc1nc(Br)c(-c2ccc(OC(C)C)cc2OC)nc1NC. The van der Waals surface area contributed by atoms with Gasteiger partial charge in [-0.2, -0.15) is 0 Å². The number of aromatic nitrogens is 2. The van der Waals surface area contributed by atoms with Gasteiger partial charge in [0.25, 0.3) is 5.88 Å². The molecule has 154 valence electrons. The predicted octanol–water partition coefficient (Wildman–Crippen LogP) is 5.70. The highest BCUT2D eigenvalue weighted by Crippen LogP contribution is 2.38. The van der Waals surface area contributed by atoms with Crippen LogP contribution >= 0.6 is 15.9 Å². The number of methoxy groups -OCH3 is 1. The van der Waals surface area contributed by atoms with E-state index in [1.54, 1.807) is 7.11 Å². The van der Waals surface area contributed by atoms with Crippen molar-refractivity contribution >= 4 is 21.7 Å². The largest absolute Gasteiger partial charge is 0.496 e. The van der Waals surface area contributed by atoms with Crippen LogP contribution in [0.1, 0.15) is 47.0 Å². The molecule has 1 heterocycles. The lowest BCUT2D eigenvalue weighted by molar-refractivity contribution is 0.178. The van der Waals surface area contributed by atoms with Gasteiger partial charge >= 0.3 is 0 Å². The first kappa shape index (κ1) is 22.3. The molecule has 7 heteroatoms. The number of hydrogen-bond acceptors (Lipinski definition) is 6. The van der Waals surface area contributed by atoms with Crippen molar-refractivity contribution in [1.82, 2.24) is 9.97 Å². The summed E-state index contributed by atoms with van der Waals surface area (Å²) in [5, 5.41) is 3.09. The first-order chi connectivity index (χ1) is 13.4. The van der Waals surface area contributed by atoms with E-state index in [4.69, 9.17) is 19.2 Å². The van der Waals surface area contributed by atoms with Crippen LogP contribution in [0.3, 0.4) is 0 Å². The van der Waals surface area contributed by atoms with Crippen LogP contribution in [0.4, 0.5) is 5.82 Å². The van der Waals surface area contributed by atoms with Gasteiger partial charge in [-0.3, -0.25) is 0 Å². The minimum absolute atomic E-state index is 0.0871. The maximum absolute atomic E-state index is 6.10. The standard InChI is InChI=1S/C21H30BrN3O3/c1-7-9-14(8-2)28-21-20(23-5)24-18(19(22)25-21)16-11-10-15(27-13(3)4)12-17(16)26-6/h10-14H,7-9H2,1-6H3,(H,23,24). The Hall–Kier alpha value is -2.02. The first-order valence-corrected chi connectivity index (χ1v) is 10.5. The normalized spacial score (nSPS) is 12.0. The molecule has 0 bridgehead atoms. The number of nitrogens with one attached hydrogen (secondary N) is 1. The van der Waals surface area contributed by atoms with Crippen LogP contribution in [-0.2, 0) is 0 Å². The van der Waals surface area contributed by atoms with E-state index < -0.39 is 0 Å². The molecular weight excluding hydrogens is 422 g/mol. The van der Waals surface area contributed by atoms with Crippen LogP contribution in [-0.4, -0.2) is 36.3 Å². The molecule has 0 aliphatic heterocycles. The molecule has 0 aliphatic rings. The second-order valence-electron chi connectivity index (χ2n) is 6.73. The van der Waals surface area contributed by atoms with E-state index in [0.717, 1.165) is 30.6 Å². The predicted molar refractivity (Wildman–Crippen MR) is 117 cm³/mol. The molecule has 2 rings (SSSR count). The summed E-state index contributed by atoms with van der Waals surface area (Å²) >= 11 is 3.55. The van der Waals surface area contributed by atoms with Crippen molar-refractivity contribution in [1.29, 1.82) is 0 Å². The van der Waals surface area contributed by atoms with E-state index in [0.29, 0.717) is 27.7 Å². The Morgan fingerprint density at radius 3 is 2.46 bits per heavy atom. The van der Waals surface area contributed by atoms with Crippen molar-refractivity contribution in [3.8, 4) is 28.6 Å². The first-order valence-electron chi connectivity index (χ1n) is 9.70. The summed E-state index contributed by atoms with van der Waals surface area (Å²) in [6.07, 6.45) is 3.16. The van der Waals surface area contributed by atoms with E-state index >= 15 is 0 Å². The third kappa shape index (κ3) is 5.50. The van der Waals surface area contributed by atoms with Crippen molar-refractivity contribution in [3.63, 3.8) is 0 Å². The van der Waals surface area contributed by atoms with Gasteiger partial charge in [0.05, 0.1) is 13.2 Å². The molecule has 0 amide bonds. The highest BCUT2D eigenvalue weighted by atomic mass is 79.9. The minimum Gasteiger partial charge on any atom is -0.496 e. The van der Waals surface area contributed by atoms with Gasteiger partial charge in [-0.05, 0) is 54.8 Å². The molecule has 6 nitrogen and oxygen atoms in total. The summed E-state index contributed by atoms with van der Waals surface area (Å²) < 4.78 is 18.0. The Balaban J connectivity index is 2.43. The van der Waals surface area contributed by atoms with E-state index in [1.807, 2.05) is 39.1 Å². The molecule has 2 aromatic rings. The zero-order chi connectivity index (χ0) is 20.7. The van der Waals surface area contributed by atoms with Gasteiger partial charge in [0, 0.05) is 18.7 Å². The Morgan fingerprint density at radius 1 is 1.14 bits per heavy atom. The number of ether oxygens (including phenoxy) is 3. The number of rotatable bonds is 10. The van der Waals surface area contributed by atoms with Crippen LogP contribution in [0, 0.1) is 0 Å². The minimum atomic E-state index is 0.0871. The number of hydrogen-bond donors (Lipinski definition) is 1. The van der Waals surface area contributed by atoms with E-state index in [-0.39, 0.29) is 12.2 Å². The zero-order valence-corrected chi connectivity index (χ0v) is 19.1. The van der Waals surface area contributed by atoms with Gasteiger partial charge in [0.2, 0.25) is 0 Å². The Bertz CT molecular complexity index is 784. The van der Waals surface area contributed by atoms with Gasteiger partial charge in [0.15, 0.2) is 5.82 Å². The summed E-state index contributed by atoms with van der Waals surface area (Å²) in [4.78, 5) is 9.36. The summed E-state index contributed by atoms with van der Waals surface area (Å²) in [6.45, 7) is 8.24. The van der Waals surface area contributed by atoms with E-state index in [9.17, 15) is 0 Å². The van der Waals surface area contributed by atoms with Gasteiger partial charge in [-0.15, -0.1) is 0 Å². The molecule has 0 radical (unpaired) electrons. The third-order valence-corrected chi connectivity index (χ3v) is 4.76. The molecular formula is C21H30BrN3O3. The van der Waals surface area contributed by atoms with Gasteiger partial charge in [-0.25, -0.2) is 9.97 Å². The number of benzene rings is 1. The molecule has 1 N–H and O–H groups in total. The molecule has 28 heavy (non-hydrogen) atoms.